The molecule has 0 spiro atoms. The maximum atomic E-state index is 13.2. The lowest BCUT2D eigenvalue weighted by atomic mass is 9.90. The molecule has 14 heteroatoms. The van der Waals surface area contributed by atoms with Gasteiger partial charge in [-0.3, -0.25) is 0 Å². The first kappa shape index (κ1) is 29.8. The number of aliphatic hydroxyl groups is 1. The molecule has 210 valence electrons. The van der Waals surface area contributed by atoms with Crippen molar-refractivity contribution in [2.24, 2.45) is 0 Å². The summed E-state index contributed by atoms with van der Waals surface area (Å²) in [4.78, 5) is 0. The van der Waals surface area contributed by atoms with Crippen molar-refractivity contribution in [3.8, 4) is 0 Å². The Morgan fingerprint density at radius 1 is 0.973 bits per heavy atom. The lowest BCUT2D eigenvalue weighted by molar-refractivity contribution is -0.267. The molecule has 1 aromatic rings. The SMILES string of the molecule is CO[C@@H]1[C@@H](OC)[C@@H](NC2CCCCC2)[C@@H](CNC(=S)Nc2cc(C(F)(F)F)cc(C(F)(F)F)c2)O[C@@H]1O. The highest BCUT2D eigenvalue weighted by atomic mass is 32.1. The van der Waals surface area contributed by atoms with Crippen LogP contribution in [0.25, 0.3) is 0 Å². The van der Waals surface area contributed by atoms with Crippen LogP contribution in [0.2, 0.25) is 0 Å². The van der Waals surface area contributed by atoms with Crippen LogP contribution in [0.3, 0.4) is 0 Å². The minimum Gasteiger partial charge on any atom is -0.377 e. The van der Waals surface area contributed by atoms with Crippen molar-refractivity contribution in [3.63, 3.8) is 0 Å². The third-order valence-electron chi connectivity index (χ3n) is 6.56. The first-order valence-electron chi connectivity index (χ1n) is 11.8. The van der Waals surface area contributed by atoms with Crippen molar-refractivity contribution in [2.75, 3.05) is 26.1 Å². The van der Waals surface area contributed by atoms with E-state index in [2.05, 4.69) is 16.0 Å². The Hall–Kier alpha value is -1.71. The molecule has 1 saturated carbocycles. The smallest absolute Gasteiger partial charge is 0.377 e. The molecule has 0 unspecified atom stereocenters. The number of hydrogen-bond acceptors (Lipinski definition) is 6. The van der Waals surface area contributed by atoms with E-state index in [1.54, 1.807) is 0 Å². The molecular weight excluding hydrogens is 528 g/mol. The minimum absolute atomic E-state index is 0.0192. The van der Waals surface area contributed by atoms with Crippen molar-refractivity contribution >= 4 is 23.0 Å². The number of thiocarbonyl (C=S) groups is 1. The van der Waals surface area contributed by atoms with Crippen LogP contribution in [-0.2, 0) is 26.6 Å². The number of anilines is 1. The van der Waals surface area contributed by atoms with Crippen LogP contribution in [0.1, 0.15) is 43.2 Å². The van der Waals surface area contributed by atoms with E-state index in [1.165, 1.54) is 14.2 Å². The number of nitrogens with one attached hydrogen (secondary N) is 3. The fourth-order valence-electron chi connectivity index (χ4n) is 4.76. The van der Waals surface area contributed by atoms with Gasteiger partial charge in [-0.15, -0.1) is 0 Å². The number of benzene rings is 1. The van der Waals surface area contributed by atoms with Crippen LogP contribution >= 0.6 is 12.2 Å². The Morgan fingerprint density at radius 2 is 1.54 bits per heavy atom. The zero-order chi connectivity index (χ0) is 27.4. The molecule has 1 saturated heterocycles. The lowest BCUT2D eigenvalue weighted by Crippen LogP contribution is -2.67. The largest absolute Gasteiger partial charge is 0.416 e. The summed E-state index contributed by atoms with van der Waals surface area (Å²) in [5.74, 6) is 0. The molecule has 0 aromatic heterocycles. The minimum atomic E-state index is -4.98. The van der Waals surface area contributed by atoms with Gasteiger partial charge in [-0.05, 0) is 43.3 Å². The molecule has 5 atom stereocenters. The number of halogens is 6. The van der Waals surface area contributed by atoms with E-state index in [1.807, 2.05) is 0 Å². The molecule has 1 aromatic carbocycles. The maximum absolute atomic E-state index is 13.2. The van der Waals surface area contributed by atoms with Gasteiger partial charge in [-0.25, -0.2) is 0 Å². The van der Waals surface area contributed by atoms with Crippen molar-refractivity contribution in [3.05, 3.63) is 29.3 Å². The quantitative estimate of drug-likeness (QED) is 0.294. The van der Waals surface area contributed by atoms with Gasteiger partial charge in [0.1, 0.15) is 12.2 Å². The van der Waals surface area contributed by atoms with Gasteiger partial charge in [0.05, 0.1) is 23.3 Å². The molecule has 7 nitrogen and oxygen atoms in total. The molecule has 0 bridgehead atoms. The highest BCUT2D eigenvalue weighted by Gasteiger charge is 2.46. The van der Waals surface area contributed by atoms with Gasteiger partial charge < -0.3 is 35.3 Å². The second-order valence-electron chi connectivity index (χ2n) is 9.12. The second kappa shape index (κ2) is 12.4. The van der Waals surface area contributed by atoms with E-state index in [4.69, 9.17) is 26.4 Å². The Balaban J connectivity index is 1.73. The molecule has 1 aliphatic carbocycles. The maximum Gasteiger partial charge on any atom is 0.416 e. The van der Waals surface area contributed by atoms with Crippen LogP contribution in [-0.4, -0.2) is 67.7 Å². The van der Waals surface area contributed by atoms with Crippen molar-refractivity contribution in [1.82, 2.24) is 10.6 Å². The van der Waals surface area contributed by atoms with Crippen LogP contribution in [0.15, 0.2) is 18.2 Å². The molecule has 37 heavy (non-hydrogen) atoms. The van der Waals surface area contributed by atoms with Gasteiger partial charge >= 0.3 is 12.4 Å². The van der Waals surface area contributed by atoms with E-state index >= 15 is 0 Å². The average Bonchev–Trinajstić information content (AvgIpc) is 2.83. The first-order chi connectivity index (χ1) is 17.3. The van der Waals surface area contributed by atoms with Crippen LogP contribution in [0.4, 0.5) is 32.0 Å². The second-order valence-corrected chi connectivity index (χ2v) is 9.53. The number of alkyl halides is 6. The first-order valence-corrected chi connectivity index (χ1v) is 12.2. The molecule has 2 fully saturated rings. The summed E-state index contributed by atoms with van der Waals surface area (Å²) < 4.78 is 95.7. The predicted octanol–water partition coefficient (Wildman–Crippen LogP) is 4.05. The van der Waals surface area contributed by atoms with Gasteiger partial charge in [0.2, 0.25) is 0 Å². The Labute approximate surface area is 216 Å². The molecule has 3 rings (SSSR count). The third-order valence-corrected chi connectivity index (χ3v) is 6.81. The van der Waals surface area contributed by atoms with Crippen molar-refractivity contribution < 1.29 is 45.7 Å². The summed E-state index contributed by atoms with van der Waals surface area (Å²) in [6.45, 7) is -0.0192. The highest BCUT2D eigenvalue weighted by molar-refractivity contribution is 7.80. The average molecular weight is 560 g/mol. The summed E-state index contributed by atoms with van der Waals surface area (Å²) >= 11 is 5.13. The van der Waals surface area contributed by atoms with Crippen molar-refractivity contribution in [1.29, 1.82) is 0 Å². The number of aliphatic hydroxyl groups excluding tert-OH is 1. The Kier molecular flexibility index (Phi) is 10.0. The fraction of sp³-hybridized carbons (Fsp3) is 0.696. The standard InChI is InChI=1S/C23H31F6N3O4S/c1-34-18-17(31-14-6-4-3-5-7-14)16(36-20(33)19(18)35-2)11-30-21(37)32-15-9-12(22(24,25)26)8-13(10-15)23(27,28)29/h8-10,14,16-20,31,33H,3-7,11H2,1-2H3,(H2,30,32,37)/t16-,17+,18+,19-,20+/m1/s1. The summed E-state index contributed by atoms with van der Waals surface area (Å²) in [6.07, 6.45) is -8.21. The van der Waals surface area contributed by atoms with Crippen LogP contribution in [0.5, 0.6) is 0 Å². The van der Waals surface area contributed by atoms with Crippen molar-refractivity contribution in [2.45, 2.75) is 81.1 Å². The molecule has 1 heterocycles. The highest BCUT2D eigenvalue weighted by Crippen LogP contribution is 2.37. The predicted molar refractivity (Wildman–Crippen MR) is 127 cm³/mol. The van der Waals surface area contributed by atoms with E-state index < -0.39 is 59.8 Å². The van der Waals surface area contributed by atoms with E-state index in [9.17, 15) is 31.4 Å². The van der Waals surface area contributed by atoms with Gasteiger partial charge in [-0.2, -0.15) is 26.3 Å². The Bertz CT molecular complexity index is 881. The van der Waals surface area contributed by atoms with E-state index in [-0.39, 0.29) is 23.8 Å². The number of methoxy groups -OCH3 is 2. The van der Waals surface area contributed by atoms with E-state index in [0.717, 1.165) is 32.1 Å². The zero-order valence-electron chi connectivity index (χ0n) is 20.3. The monoisotopic (exact) mass is 559 g/mol. The molecule has 1 aliphatic heterocycles. The van der Waals surface area contributed by atoms with Gasteiger partial charge in [-0.1, -0.05) is 19.3 Å². The summed E-state index contributed by atoms with van der Waals surface area (Å²) in [5.41, 5.74) is -3.40. The Morgan fingerprint density at radius 3 is 2.05 bits per heavy atom. The summed E-state index contributed by atoms with van der Waals surface area (Å²) in [7, 11) is 2.90. The fourth-order valence-corrected chi connectivity index (χ4v) is 4.97. The molecule has 0 radical (unpaired) electrons. The van der Waals surface area contributed by atoms with Gasteiger partial charge in [0.15, 0.2) is 11.4 Å². The normalized spacial score (nSPS) is 27.6. The van der Waals surface area contributed by atoms with Gasteiger partial charge in [0, 0.05) is 32.5 Å². The molecule has 2 aliphatic rings. The molecule has 4 N–H and O–H groups in total. The molecule has 0 amide bonds. The van der Waals surface area contributed by atoms with Crippen LogP contribution < -0.4 is 16.0 Å². The third kappa shape index (κ3) is 7.90. The summed E-state index contributed by atoms with van der Waals surface area (Å²) in [6, 6.07) is 0.870. The van der Waals surface area contributed by atoms with Crippen LogP contribution in [0, 0.1) is 0 Å². The molecular formula is C23H31F6N3O4S. The van der Waals surface area contributed by atoms with E-state index in [0.29, 0.717) is 12.1 Å². The van der Waals surface area contributed by atoms with Gasteiger partial charge in [0.25, 0.3) is 0 Å². The lowest BCUT2D eigenvalue weighted by Gasteiger charge is -2.46. The summed E-state index contributed by atoms with van der Waals surface area (Å²) in [5, 5.41) is 18.9. The number of ether oxygens (including phenoxy) is 3. The number of hydrogen-bond donors (Lipinski definition) is 4. The zero-order valence-corrected chi connectivity index (χ0v) is 21.1. The number of rotatable bonds is 7. The topological polar surface area (TPSA) is 84.0 Å².